The minimum atomic E-state index is -4.71. The fourth-order valence-corrected chi connectivity index (χ4v) is 1.61. The van der Waals surface area contributed by atoms with Gasteiger partial charge in [0.15, 0.2) is 0 Å². The predicted octanol–water partition coefficient (Wildman–Crippen LogP) is 3.68. The van der Waals surface area contributed by atoms with Gasteiger partial charge in [0.1, 0.15) is 11.5 Å². The first kappa shape index (κ1) is 16.6. The highest BCUT2D eigenvalue weighted by Gasteiger charge is 2.31. The molecule has 0 aliphatic heterocycles. The average molecular weight is 291 g/mol. The molecule has 0 fully saturated rings. The van der Waals surface area contributed by atoms with Crippen molar-refractivity contribution < 1.29 is 22.6 Å². The number of rotatable bonds is 6. The maximum Gasteiger partial charge on any atom is 0.573 e. The van der Waals surface area contributed by atoms with Crippen molar-refractivity contribution >= 4 is 0 Å². The fraction of sp³-hybridized carbons (Fsp3) is 0.571. The molecular weight excluding hydrogens is 271 g/mol. The Morgan fingerprint density at radius 3 is 2.35 bits per heavy atom. The second-order valence-electron chi connectivity index (χ2n) is 5.05. The van der Waals surface area contributed by atoms with Crippen LogP contribution in [0.4, 0.5) is 13.2 Å². The molecule has 1 aromatic carbocycles. The van der Waals surface area contributed by atoms with Gasteiger partial charge in [0.2, 0.25) is 0 Å². The Labute approximate surface area is 116 Å². The summed E-state index contributed by atoms with van der Waals surface area (Å²) in [6, 6.07) is 4.16. The molecule has 3 nitrogen and oxygen atoms in total. The van der Waals surface area contributed by atoms with Crippen molar-refractivity contribution in [1.29, 1.82) is 0 Å². The van der Waals surface area contributed by atoms with Crippen LogP contribution in [0.25, 0.3) is 0 Å². The van der Waals surface area contributed by atoms with Crippen LogP contribution >= 0.6 is 0 Å². The molecule has 2 N–H and O–H groups in total. The molecule has 0 saturated carbocycles. The first-order valence-electron chi connectivity index (χ1n) is 6.45. The molecule has 6 heteroatoms. The lowest BCUT2D eigenvalue weighted by molar-refractivity contribution is -0.274. The summed E-state index contributed by atoms with van der Waals surface area (Å²) in [7, 11) is 0. The number of nitrogens with two attached hydrogens (primary N) is 1. The third-order valence-corrected chi connectivity index (χ3v) is 2.77. The van der Waals surface area contributed by atoms with Gasteiger partial charge in [0.05, 0.1) is 6.61 Å². The minimum absolute atomic E-state index is 0.127. The van der Waals surface area contributed by atoms with Crippen LogP contribution in [0.15, 0.2) is 18.2 Å². The highest BCUT2D eigenvalue weighted by molar-refractivity contribution is 5.42. The summed E-state index contributed by atoms with van der Waals surface area (Å²) in [6.45, 7) is 6.60. The number of hydrogen-bond acceptors (Lipinski definition) is 3. The van der Waals surface area contributed by atoms with Crippen molar-refractivity contribution in [3.05, 3.63) is 23.8 Å². The van der Waals surface area contributed by atoms with E-state index < -0.39 is 6.36 Å². The number of benzene rings is 1. The van der Waals surface area contributed by atoms with E-state index in [1.165, 1.54) is 12.1 Å². The Hall–Kier alpha value is -1.43. The molecule has 0 radical (unpaired) electrons. The van der Waals surface area contributed by atoms with Crippen molar-refractivity contribution in [1.82, 2.24) is 0 Å². The van der Waals surface area contributed by atoms with Crippen LogP contribution in [0.5, 0.6) is 11.5 Å². The Kier molecular flexibility index (Phi) is 5.68. The molecule has 1 rings (SSSR count). The van der Waals surface area contributed by atoms with Gasteiger partial charge in [-0.1, -0.05) is 26.8 Å². The monoisotopic (exact) mass is 291 g/mol. The second-order valence-corrected chi connectivity index (χ2v) is 5.05. The largest absolute Gasteiger partial charge is 0.573 e. The molecule has 0 saturated heterocycles. The smallest absolute Gasteiger partial charge is 0.493 e. The van der Waals surface area contributed by atoms with Crippen LogP contribution in [-0.2, 0) is 0 Å². The van der Waals surface area contributed by atoms with Crippen LogP contribution in [0.3, 0.4) is 0 Å². The number of ether oxygens (including phenoxy) is 2. The van der Waals surface area contributed by atoms with E-state index in [0.717, 1.165) is 5.56 Å². The van der Waals surface area contributed by atoms with E-state index in [-0.39, 0.29) is 17.6 Å². The second kappa shape index (κ2) is 6.83. The average Bonchev–Trinajstić information content (AvgIpc) is 2.33. The first-order valence-corrected chi connectivity index (χ1v) is 6.45. The summed E-state index contributed by atoms with van der Waals surface area (Å²) in [6.07, 6.45) is -4.71. The molecule has 0 amide bonds. The van der Waals surface area contributed by atoms with Gasteiger partial charge in [-0.2, -0.15) is 0 Å². The minimum Gasteiger partial charge on any atom is -0.493 e. The van der Waals surface area contributed by atoms with Crippen molar-refractivity contribution in [2.24, 2.45) is 11.7 Å². The van der Waals surface area contributed by atoms with Crippen LogP contribution < -0.4 is 15.2 Å². The van der Waals surface area contributed by atoms with E-state index in [2.05, 4.69) is 4.74 Å². The summed E-state index contributed by atoms with van der Waals surface area (Å²) in [5, 5.41) is 0. The van der Waals surface area contributed by atoms with Gasteiger partial charge < -0.3 is 15.2 Å². The number of alkyl halides is 3. The molecular formula is C14H20F3NO2. The van der Waals surface area contributed by atoms with Crippen molar-refractivity contribution in [2.75, 3.05) is 13.2 Å². The maximum atomic E-state index is 12.2. The SMILES string of the molecule is CC(CN)COc1cc(OC(F)(F)F)ccc1C(C)C. The lowest BCUT2D eigenvalue weighted by atomic mass is 10.0. The van der Waals surface area contributed by atoms with E-state index in [9.17, 15) is 13.2 Å². The van der Waals surface area contributed by atoms with E-state index in [1.54, 1.807) is 6.07 Å². The summed E-state index contributed by atoms with van der Waals surface area (Å²) in [5.41, 5.74) is 6.33. The zero-order valence-corrected chi connectivity index (χ0v) is 11.8. The predicted molar refractivity (Wildman–Crippen MR) is 70.9 cm³/mol. The number of halogens is 3. The van der Waals surface area contributed by atoms with Crippen LogP contribution in [0.2, 0.25) is 0 Å². The molecule has 1 aromatic rings. The highest BCUT2D eigenvalue weighted by atomic mass is 19.4. The molecule has 0 aliphatic carbocycles. The molecule has 20 heavy (non-hydrogen) atoms. The van der Waals surface area contributed by atoms with Crippen LogP contribution in [0.1, 0.15) is 32.3 Å². The van der Waals surface area contributed by atoms with Gasteiger partial charge in [-0.05, 0) is 24.1 Å². The Bertz CT molecular complexity index is 433. The molecule has 0 bridgehead atoms. The van der Waals surface area contributed by atoms with Crippen LogP contribution in [-0.4, -0.2) is 19.5 Å². The van der Waals surface area contributed by atoms with Crippen LogP contribution in [0, 0.1) is 5.92 Å². The van der Waals surface area contributed by atoms with E-state index in [4.69, 9.17) is 10.5 Å². The van der Waals surface area contributed by atoms with Crippen molar-refractivity contribution in [3.63, 3.8) is 0 Å². The van der Waals surface area contributed by atoms with Gasteiger partial charge in [0.25, 0.3) is 0 Å². The third kappa shape index (κ3) is 5.28. The summed E-state index contributed by atoms with van der Waals surface area (Å²) in [4.78, 5) is 0. The molecule has 1 unspecified atom stereocenters. The molecule has 0 heterocycles. The van der Waals surface area contributed by atoms with Gasteiger partial charge in [-0.3, -0.25) is 0 Å². The summed E-state index contributed by atoms with van der Waals surface area (Å²) in [5.74, 6) is 0.389. The van der Waals surface area contributed by atoms with Gasteiger partial charge >= 0.3 is 6.36 Å². The van der Waals surface area contributed by atoms with Gasteiger partial charge in [0, 0.05) is 12.0 Å². The summed E-state index contributed by atoms with van der Waals surface area (Å²) >= 11 is 0. The van der Waals surface area contributed by atoms with Crippen molar-refractivity contribution in [2.45, 2.75) is 33.1 Å². The molecule has 0 aliphatic rings. The topological polar surface area (TPSA) is 44.5 Å². The number of hydrogen-bond donors (Lipinski definition) is 1. The quantitative estimate of drug-likeness (QED) is 0.869. The summed E-state index contributed by atoms with van der Waals surface area (Å²) < 4.78 is 46.1. The highest BCUT2D eigenvalue weighted by Crippen LogP contribution is 2.33. The van der Waals surface area contributed by atoms with E-state index in [1.807, 2.05) is 20.8 Å². The molecule has 0 spiro atoms. The normalized spacial score (nSPS) is 13.4. The van der Waals surface area contributed by atoms with E-state index in [0.29, 0.717) is 18.9 Å². The first-order chi connectivity index (χ1) is 9.23. The van der Waals surface area contributed by atoms with Crippen molar-refractivity contribution in [3.8, 4) is 11.5 Å². The zero-order chi connectivity index (χ0) is 15.3. The maximum absolute atomic E-state index is 12.2. The third-order valence-electron chi connectivity index (χ3n) is 2.77. The lowest BCUT2D eigenvalue weighted by Crippen LogP contribution is -2.19. The van der Waals surface area contributed by atoms with E-state index >= 15 is 0 Å². The molecule has 114 valence electrons. The molecule has 1 atom stereocenters. The Balaban J connectivity index is 2.94. The Morgan fingerprint density at radius 2 is 1.85 bits per heavy atom. The van der Waals surface area contributed by atoms with Gasteiger partial charge in [-0.15, -0.1) is 13.2 Å². The fourth-order valence-electron chi connectivity index (χ4n) is 1.61. The van der Waals surface area contributed by atoms with Gasteiger partial charge in [-0.25, -0.2) is 0 Å². The standard InChI is InChI=1S/C14H20F3NO2/c1-9(2)12-5-4-11(20-14(15,16)17)6-13(12)19-8-10(3)7-18/h4-6,9-10H,7-8,18H2,1-3H3. The Morgan fingerprint density at radius 1 is 1.20 bits per heavy atom. The molecule has 0 aromatic heterocycles. The lowest BCUT2D eigenvalue weighted by Gasteiger charge is -2.18. The zero-order valence-electron chi connectivity index (χ0n) is 11.8.